The Morgan fingerprint density at radius 2 is 2.36 bits per heavy atom. The van der Waals surface area contributed by atoms with Gasteiger partial charge in [-0.15, -0.1) is 0 Å². The zero-order valence-electron chi connectivity index (χ0n) is 7.42. The molecule has 2 atom stereocenters. The third-order valence-electron chi connectivity index (χ3n) is 2.66. The molecule has 0 aromatic heterocycles. The fraction of sp³-hybridized carbons (Fsp3) is 1.00. The summed E-state index contributed by atoms with van der Waals surface area (Å²) in [5.41, 5.74) is 0. The van der Waals surface area contributed by atoms with E-state index >= 15 is 0 Å². The molecule has 0 aliphatic carbocycles. The first-order valence-electron chi connectivity index (χ1n) is 4.63. The first kappa shape index (κ1) is 7.56. The molecule has 2 rings (SSSR count). The van der Waals surface area contributed by atoms with Gasteiger partial charge in [-0.3, -0.25) is 4.90 Å². The van der Waals surface area contributed by atoms with Crippen molar-refractivity contribution in [2.45, 2.75) is 32.4 Å². The van der Waals surface area contributed by atoms with Crippen LogP contribution in [-0.2, 0) is 4.74 Å². The second-order valence-electron chi connectivity index (χ2n) is 4.11. The van der Waals surface area contributed by atoms with Crippen molar-refractivity contribution in [2.75, 3.05) is 19.7 Å². The Kier molecular flexibility index (Phi) is 1.90. The largest absolute Gasteiger partial charge is 0.375 e. The van der Waals surface area contributed by atoms with Crippen LogP contribution >= 0.6 is 0 Å². The van der Waals surface area contributed by atoms with E-state index in [1.165, 1.54) is 19.5 Å². The Morgan fingerprint density at radius 3 is 3.00 bits per heavy atom. The number of likely N-dealkylation sites (tertiary alicyclic amines) is 1. The predicted molar refractivity (Wildman–Crippen MR) is 44.6 cm³/mol. The van der Waals surface area contributed by atoms with Gasteiger partial charge < -0.3 is 4.74 Å². The van der Waals surface area contributed by atoms with Crippen LogP contribution in [0.3, 0.4) is 0 Å². The molecule has 2 unspecified atom stereocenters. The average molecular weight is 155 g/mol. The van der Waals surface area contributed by atoms with Gasteiger partial charge >= 0.3 is 0 Å². The molecule has 0 amide bonds. The number of hydrogen-bond acceptors (Lipinski definition) is 2. The van der Waals surface area contributed by atoms with Crippen molar-refractivity contribution in [3.05, 3.63) is 0 Å². The van der Waals surface area contributed by atoms with Crippen molar-refractivity contribution >= 4 is 0 Å². The van der Waals surface area contributed by atoms with Crippen LogP contribution in [0.1, 0.15) is 20.3 Å². The van der Waals surface area contributed by atoms with Gasteiger partial charge in [-0.1, -0.05) is 13.8 Å². The Morgan fingerprint density at radius 1 is 1.55 bits per heavy atom. The van der Waals surface area contributed by atoms with Crippen LogP contribution in [-0.4, -0.2) is 36.7 Å². The summed E-state index contributed by atoms with van der Waals surface area (Å²) < 4.78 is 5.52. The molecule has 0 spiro atoms. The van der Waals surface area contributed by atoms with E-state index in [1.54, 1.807) is 0 Å². The SMILES string of the molecule is CC(C)CN1CC2OCCC21. The summed E-state index contributed by atoms with van der Waals surface area (Å²) in [4.78, 5) is 2.56. The third kappa shape index (κ3) is 1.30. The van der Waals surface area contributed by atoms with E-state index in [4.69, 9.17) is 4.74 Å². The molecular weight excluding hydrogens is 138 g/mol. The zero-order chi connectivity index (χ0) is 7.84. The highest BCUT2D eigenvalue weighted by Crippen LogP contribution is 2.30. The molecule has 11 heavy (non-hydrogen) atoms. The van der Waals surface area contributed by atoms with Crippen LogP contribution in [0.15, 0.2) is 0 Å². The molecule has 2 aliphatic heterocycles. The zero-order valence-corrected chi connectivity index (χ0v) is 7.42. The lowest BCUT2D eigenvalue weighted by atomic mass is 9.97. The number of fused-ring (bicyclic) bond motifs is 1. The molecule has 64 valence electrons. The number of ether oxygens (including phenoxy) is 1. The highest BCUT2D eigenvalue weighted by atomic mass is 16.5. The van der Waals surface area contributed by atoms with E-state index < -0.39 is 0 Å². The number of rotatable bonds is 2. The summed E-state index contributed by atoms with van der Waals surface area (Å²) >= 11 is 0. The smallest absolute Gasteiger partial charge is 0.0857 e. The van der Waals surface area contributed by atoms with Crippen LogP contribution in [0, 0.1) is 5.92 Å². The first-order chi connectivity index (χ1) is 5.27. The van der Waals surface area contributed by atoms with Gasteiger partial charge in [-0.25, -0.2) is 0 Å². The van der Waals surface area contributed by atoms with Crippen molar-refractivity contribution in [3.8, 4) is 0 Å². The quantitative estimate of drug-likeness (QED) is 0.592. The molecule has 2 heterocycles. The first-order valence-corrected chi connectivity index (χ1v) is 4.63. The molecule has 2 aliphatic rings. The van der Waals surface area contributed by atoms with E-state index in [0.29, 0.717) is 6.10 Å². The Labute approximate surface area is 68.5 Å². The van der Waals surface area contributed by atoms with Gasteiger partial charge in [0.25, 0.3) is 0 Å². The van der Waals surface area contributed by atoms with E-state index in [2.05, 4.69) is 18.7 Å². The van der Waals surface area contributed by atoms with E-state index in [-0.39, 0.29) is 0 Å². The highest BCUT2D eigenvalue weighted by molar-refractivity contribution is 4.96. The molecule has 0 N–H and O–H groups in total. The third-order valence-corrected chi connectivity index (χ3v) is 2.66. The van der Waals surface area contributed by atoms with Gasteiger partial charge in [-0.05, 0) is 12.3 Å². The van der Waals surface area contributed by atoms with Crippen molar-refractivity contribution in [1.82, 2.24) is 4.90 Å². The fourth-order valence-electron chi connectivity index (χ4n) is 2.14. The molecule has 2 nitrogen and oxygen atoms in total. The van der Waals surface area contributed by atoms with E-state index in [0.717, 1.165) is 18.6 Å². The van der Waals surface area contributed by atoms with Crippen LogP contribution in [0.5, 0.6) is 0 Å². The Bertz CT molecular complexity index is 146. The summed E-state index contributed by atoms with van der Waals surface area (Å²) in [5.74, 6) is 0.802. The van der Waals surface area contributed by atoms with Gasteiger partial charge in [0.05, 0.1) is 6.10 Å². The average Bonchev–Trinajstić information content (AvgIpc) is 2.26. The van der Waals surface area contributed by atoms with Crippen LogP contribution in [0.2, 0.25) is 0 Å². The van der Waals surface area contributed by atoms with E-state index in [9.17, 15) is 0 Å². The fourth-order valence-corrected chi connectivity index (χ4v) is 2.14. The highest BCUT2D eigenvalue weighted by Gasteiger charge is 2.42. The normalized spacial score (nSPS) is 37.4. The number of hydrogen-bond donors (Lipinski definition) is 0. The summed E-state index contributed by atoms with van der Waals surface area (Å²) in [6.07, 6.45) is 1.85. The topological polar surface area (TPSA) is 12.5 Å². The van der Waals surface area contributed by atoms with Gasteiger partial charge in [-0.2, -0.15) is 0 Å². The Hall–Kier alpha value is -0.0800. The van der Waals surface area contributed by atoms with Crippen molar-refractivity contribution < 1.29 is 4.74 Å². The molecule has 0 aromatic carbocycles. The maximum Gasteiger partial charge on any atom is 0.0857 e. The van der Waals surface area contributed by atoms with Crippen LogP contribution in [0.4, 0.5) is 0 Å². The van der Waals surface area contributed by atoms with E-state index in [1.807, 2.05) is 0 Å². The minimum Gasteiger partial charge on any atom is -0.375 e. The van der Waals surface area contributed by atoms with Gasteiger partial charge in [0.2, 0.25) is 0 Å². The van der Waals surface area contributed by atoms with Gasteiger partial charge in [0, 0.05) is 25.7 Å². The second kappa shape index (κ2) is 2.76. The lowest BCUT2D eigenvalue weighted by molar-refractivity contribution is -0.0445. The molecule has 2 heteroatoms. The second-order valence-corrected chi connectivity index (χ2v) is 4.11. The maximum absolute atomic E-state index is 5.52. The minimum atomic E-state index is 0.591. The monoisotopic (exact) mass is 155 g/mol. The molecule has 2 fully saturated rings. The molecule has 0 saturated carbocycles. The molecule has 0 bridgehead atoms. The molecule has 0 radical (unpaired) electrons. The number of nitrogens with zero attached hydrogens (tertiary/aromatic N) is 1. The predicted octanol–water partition coefficient (Wildman–Crippen LogP) is 1.12. The summed E-state index contributed by atoms with van der Waals surface area (Å²) in [6.45, 7) is 7.99. The van der Waals surface area contributed by atoms with Crippen molar-refractivity contribution in [1.29, 1.82) is 0 Å². The van der Waals surface area contributed by atoms with Gasteiger partial charge in [0.1, 0.15) is 0 Å². The molecular formula is C9H17NO. The van der Waals surface area contributed by atoms with Crippen LogP contribution < -0.4 is 0 Å². The standard InChI is InChI=1S/C9H17NO/c1-7(2)5-10-6-9-8(10)3-4-11-9/h7-9H,3-6H2,1-2H3. The maximum atomic E-state index is 5.52. The Balaban J connectivity index is 1.81. The lowest BCUT2D eigenvalue weighted by Crippen LogP contribution is -2.58. The lowest BCUT2D eigenvalue weighted by Gasteiger charge is -2.43. The molecule has 2 saturated heterocycles. The minimum absolute atomic E-state index is 0.591. The molecule has 0 aromatic rings. The van der Waals surface area contributed by atoms with Gasteiger partial charge in [0.15, 0.2) is 0 Å². The van der Waals surface area contributed by atoms with Crippen LogP contribution in [0.25, 0.3) is 0 Å². The summed E-state index contributed by atoms with van der Waals surface area (Å²) in [6, 6.07) is 0.775. The summed E-state index contributed by atoms with van der Waals surface area (Å²) in [7, 11) is 0. The van der Waals surface area contributed by atoms with Crippen molar-refractivity contribution in [2.24, 2.45) is 5.92 Å². The summed E-state index contributed by atoms with van der Waals surface area (Å²) in [5, 5.41) is 0. The van der Waals surface area contributed by atoms with Crippen molar-refractivity contribution in [3.63, 3.8) is 0 Å².